The summed E-state index contributed by atoms with van der Waals surface area (Å²) in [4.78, 5) is 20.0. The summed E-state index contributed by atoms with van der Waals surface area (Å²) in [6.45, 7) is 0. The number of nitrogens with zero attached hydrogens (tertiary/aromatic N) is 8. The average Bonchev–Trinajstić information content (AvgIpc) is 3.17. The maximum Gasteiger partial charge on any atom is 0.311 e. The Balaban J connectivity index is 1.91. The lowest BCUT2D eigenvalue weighted by Gasteiger charge is -1.96. The van der Waals surface area contributed by atoms with Gasteiger partial charge in [-0.3, -0.25) is 9.78 Å². The van der Waals surface area contributed by atoms with Gasteiger partial charge >= 0.3 is 5.97 Å². The summed E-state index contributed by atoms with van der Waals surface area (Å²) < 4.78 is 7.83. The second kappa shape index (κ2) is 5.33. The number of hydrogen-bond acceptors (Lipinski definition) is 8. The fourth-order valence-electron chi connectivity index (χ4n) is 2.45. The topological polar surface area (TPSA) is 113 Å². The molecule has 0 atom stereocenters. The van der Waals surface area contributed by atoms with Gasteiger partial charge < -0.3 is 4.74 Å². The molecule has 0 amide bonds. The van der Waals surface area contributed by atoms with Gasteiger partial charge in [-0.25, -0.2) is 4.68 Å². The Labute approximate surface area is 135 Å². The van der Waals surface area contributed by atoms with E-state index in [1.54, 1.807) is 34.7 Å². The van der Waals surface area contributed by atoms with Crippen LogP contribution in [0.25, 0.3) is 28.3 Å². The van der Waals surface area contributed by atoms with Crippen molar-refractivity contribution in [2.24, 2.45) is 7.05 Å². The molecular weight excluding hydrogens is 312 g/mol. The molecule has 0 aliphatic heterocycles. The van der Waals surface area contributed by atoms with Gasteiger partial charge in [0.2, 0.25) is 0 Å². The van der Waals surface area contributed by atoms with Crippen LogP contribution in [0, 0.1) is 0 Å². The van der Waals surface area contributed by atoms with Gasteiger partial charge in [0, 0.05) is 25.0 Å². The summed E-state index contributed by atoms with van der Waals surface area (Å²) in [6, 6.07) is 3.67. The summed E-state index contributed by atoms with van der Waals surface area (Å²) in [5, 5.41) is 17.0. The molecule has 4 aromatic heterocycles. The molecule has 0 aliphatic rings. The van der Waals surface area contributed by atoms with Crippen molar-refractivity contribution in [3.63, 3.8) is 0 Å². The van der Waals surface area contributed by atoms with Crippen molar-refractivity contribution >= 4 is 22.9 Å². The predicted molar refractivity (Wildman–Crippen MR) is 81.8 cm³/mol. The maximum atomic E-state index is 11.5. The van der Waals surface area contributed by atoms with Crippen molar-refractivity contribution in [2.75, 3.05) is 7.11 Å². The lowest BCUT2D eigenvalue weighted by atomic mass is 10.3. The van der Waals surface area contributed by atoms with Gasteiger partial charge in [0.15, 0.2) is 17.0 Å². The van der Waals surface area contributed by atoms with E-state index in [1.165, 1.54) is 7.11 Å². The molecule has 120 valence electrons. The smallest absolute Gasteiger partial charge is 0.311 e. The minimum absolute atomic E-state index is 0.0121. The average molecular weight is 324 g/mol. The normalized spacial score (nSPS) is 11.2. The Kier molecular flexibility index (Phi) is 3.15. The number of pyridine rings is 1. The van der Waals surface area contributed by atoms with E-state index < -0.39 is 5.97 Å². The van der Waals surface area contributed by atoms with E-state index >= 15 is 0 Å². The molecule has 0 aromatic carbocycles. The molecule has 0 bridgehead atoms. The van der Waals surface area contributed by atoms with Crippen molar-refractivity contribution in [2.45, 2.75) is 6.42 Å². The Morgan fingerprint density at radius 2 is 2.17 bits per heavy atom. The van der Waals surface area contributed by atoms with Crippen LogP contribution in [0.5, 0.6) is 0 Å². The summed E-state index contributed by atoms with van der Waals surface area (Å²) in [6.07, 6.45) is 3.36. The van der Waals surface area contributed by atoms with Crippen LogP contribution in [-0.2, 0) is 23.0 Å². The molecule has 10 heteroatoms. The molecule has 10 nitrogen and oxygen atoms in total. The first kappa shape index (κ1) is 14.2. The van der Waals surface area contributed by atoms with E-state index in [9.17, 15) is 4.79 Å². The van der Waals surface area contributed by atoms with E-state index in [4.69, 9.17) is 0 Å². The van der Waals surface area contributed by atoms with Crippen molar-refractivity contribution < 1.29 is 9.53 Å². The van der Waals surface area contributed by atoms with Gasteiger partial charge in [0.05, 0.1) is 13.5 Å². The quantitative estimate of drug-likeness (QED) is 0.491. The molecule has 0 radical (unpaired) electrons. The third kappa shape index (κ3) is 2.16. The number of fused-ring (bicyclic) bond motifs is 3. The van der Waals surface area contributed by atoms with Crippen molar-refractivity contribution in [1.82, 2.24) is 39.6 Å². The lowest BCUT2D eigenvalue weighted by molar-refractivity contribution is -0.139. The Hall–Kier alpha value is -3.43. The molecule has 4 heterocycles. The minimum atomic E-state index is -0.397. The fourth-order valence-corrected chi connectivity index (χ4v) is 2.45. The first-order valence-corrected chi connectivity index (χ1v) is 7.09. The molecule has 0 saturated carbocycles. The van der Waals surface area contributed by atoms with Crippen molar-refractivity contribution in [3.8, 4) is 11.4 Å². The maximum absolute atomic E-state index is 11.5. The van der Waals surface area contributed by atoms with Crippen LogP contribution in [0.2, 0.25) is 0 Å². The van der Waals surface area contributed by atoms with E-state index in [2.05, 4.69) is 35.1 Å². The van der Waals surface area contributed by atoms with Gasteiger partial charge in [-0.05, 0) is 12.1 Å². The predicted octanol–water partition coefficient (Wildman–Crippen LogP) is 0.183. The zero-order valence-corrected chi connectivity index (χ0v) is 12.9. The lowest BCUT2D eigenvalue weighted by Crippen LogP contribution is -2.06. The SMILES string of the molecule is COC(=O)Cc1nn(C)c2c1nnc1nc(-c3cccnc3)nn12. The van der Waals surface area contributed by atoms with Gasteiger partial charge in [0.25, 0.3) is 5.78 Å². The number of rotatable bonds is 3. The molecule has 4 rings (SSSR count). The molecule has 0 saturated heterocycles. The minimum Gasteiger partial charge on any atom is -0.469 e. The molecular formula is C14H12N8O2. The van der Waals surface area contributed by atoms with E-state index in [-0.39, 0.29) is 6.42 Å². The molecule has 0 spiro atoms. The highest BCUT2D eigenvalue weighted by Gasteiger charge is 2.19. The second-order valence-electron chi connectivity index (χ2n) is 5.08. The van der Waals surface area contributed by atoms with Crippen LogP contribution in [0.4, 0.5) is 0 Å². The van der Waals surface area contributed by atoms with Crippen LogP contribution >= 0.6 is 0 Å². The van der Waals surface area contributed by atoms with Crippen LogP contribution < -0.4 is 0 Å². The third-order valence-electron chi connectivity index (χ3n) is 3.55. The van der Waals surface area contributed by atoms with Gasteiger partial charge in [-0.1, -0.05) is 0 Å². The molecule has 0 aliphatic carbocycles. The highest BCUT2D eigenvalue weighted by Crippen LogP contribution is 2.19. The Bertz CT molecular complexity index is 1050. The van der Waals surface area contributed by atoms with Gasteiger partial charge in [-0.2, -0.15) is 14.6 Å². The van der Waals surface area contributed by atoms with E-state index in [0.29, 0.717) is 28.5 Å². The Morgan fingerprint density at radius 3 is 2.92 bits per heavy atom. The Morgan fingerprint density at radius 1 is 1.29 bits per heavy atom. The third-order valence-corrected chi connectivity index (χ3v) is 3.55. The largest absolute Gasteiger partial charge is 0.469 e. The van der Waals surface area contributed by atoms with Crippen LogP contribution in [-0.4, -0.2) is 52.6 Å². The zero-order chi connectivity index (χ0) is 16.7. The van der Waals surface area contributed by atoms with Gasteiger partial charge in [0.1, 0.15) is 5.69 Å². The number of methoxy groups -OCH3 is 1. The number of carbonyl (C=O) groups is 1. The van der Waals surface area contributed by atoms with Crippen LogP contribution in [0.15, 0.2) is 24.5 Å². The zero-order valence-electron chi connectivity index (χ0n) is 12.9. The number of ether oxygens (including phenoxy) is 1. The van der Waals surface area contributed by atoms with E-state index in [1.807, 2.05) is 6.07 Å². The number of aromatic nitrogens is 8. The number of carbonyl (C=O) groups excluding carboxylic acids is 1. The standard InChI is InChI=1S/C14H12N8O2/c1-21-13-11(9(19-21)6-10(23)24-2)17-18-14-16-12(20-22(13)14)8-4-3-5-15-7-8/h3-5,7H,6H2,1-2H3. The monoisotopic (exact) mass is 324 g/mol. The summed E-state index contributed by atoms with van der Waals surface area (Å²) in [7, 11) is 3.07. The van der Waals surface area contributed by atoms with Crippen LogP contribution in [0.3, 0.4) is 0 Å². The molecule has 4 aromatic rings. The van der Waals surface area contributed by atoms with Crippen molar-refractivity contribution in [1.29, 1.82) is 0 Å². The number of hydrogen-bond donors (Lipinski definition) is 0. The summed E-state index contributed by atoms with van der Waals surface area (Å²) in [5.74, 6) is 0.432. The first-order valence-electron chi connectivity index (χ1n) is 7.09. The number of esters is 1. The molecule has 0 unspecified atom stereocenters. The van der Waals surface area contributed by atoms with E-state index in [0.717, 1.165) is 5.56 Å². The highest BCUT2D eigenvalue weighted by molar-refractivity contribution is 5.81. The molecule has 0 N–H and O–H groups in total. The van der Waals surface area contributed by atoms with Gasteiger partial charge in [-0.15, -0.1) is 15.3 Å². The van der Waals surface area contributed by atoms with Crippen molar-refractivity contribution in [3.05, 3.63) is 30.2 Å². The van der Waals surface area contributed by atoms with Crippen LogP contribution in [0.1, 0.15) is 5.69 Å². The first-order chi connectivity index (χ1) is 11.7. The number of aryl methyl sites for hydroxylation is 1. The molecule has 24 heavy (non-hydrogen) atoms. The fraction of sp³-hybridized carbons (Fsp3) is 0.214. The summed E-state index contributed by atoms with van der Waals surface area (Å²) in [5.41, 5.74) is 2.33. The highest BCUT2D eigenvalue weighted by atomic mass is 16.5. The summed E-state index contributed by atoms with van der Waals surface area (Å²) >= 11 is 0. The molecule has 0 fully saturated rings. The second-order valence-corrected chi connectivity index (χ2v) is 5.08.